The van der Waals surface area contributed by atoms with Gasteiger partial charge in [0.15, 0.2) is 0 Å². The minimum Gasteiger partial charge on any atom is -0.480 e. The Morgan fingerprint density at radius 2 is 2.18 bits per heavy atom. The fourth-order valence-corrected chi connectivity index (χ4v) is 1.43. The van der Waals surface area contributed by atoms with Gasteiger partial charge in [-0.2, -0.15) is 0 Å². The molecule has 0 aliphatic rings. The SMILES string of the molecule is CC(NC(=O)Cc1ccc(F)cc1Cl)C(=O)O. The molecule has 1 atom stereocenters. The lowest BCUT2D eigenvalue weighted by molar-refractivity contribution is -0.141. The van der Waals surface area contributed by atoms with Crippen LogP contribution in [0, 0.1) is 5.82 Å². The number of carbonyl (C=O) groups is 2. The molecule has 0 aromatic heterocycles. The summed E-state index contributed by atoms with van der Waals surface area (Å²) >= 11 is 5.74. The Bertz CT molecular complexity index is 450. The summed E-state index contributed by atoms with van der Waals surface area (Å²) in [4.78, 5) is 21.9. The summed E-state index contributed by atoms with van der Waals surface area (Å²) in [5.74, 6) is -2.09. The van der Waals surface area contributed by atoms with Crippen molar-refractivity contribution < 1.29 is 19.1 Å². The number of aliphatic carboxylic acids is 1. The number of carboxylic acid groups (broad SMARTS) is 1. The van der Waals surface area contributed by atoms with E-state index in [9.17, 15) is 14.0 Å². The predicted octanol–water partition coefficient (Wildman–Crippen LogP) is 1.61. The van der Waals surface area contributed by atoms with E-state index in [2.05, 4.69) is 5.32 Å². The van der Waals surface area contributed by atoms with Gasteiger partial charge in [0.05, 0.1) is 6.42 Å². The fourth-order valence-electron chi connectivity index (χ4n) is 1.19. The Morgan fingerprint density at radius 3 is 2.71 bits per heavy atom. The highest BCUT2D eigenvalue weighted by molar-refractivity contribution is 6.31. The molecule has 1 unspecified atom stereocenters. The summed E-state index contributed by atoms with van der Waals surface area (Å²) in [7, 11) is 0. The number of hydrogen-bond donors (Lipinski definition) is 2. The predicted molar refractivity (Wildman–Crippen MR) is 60.4 cm³/mol. The van der Waals surface area contributed by atoms with Crippen molar-refractivity contribution in [2.75, 3.05) is 0 Å². The Labute approximate surface area is 102 Å². The fraction of sp³-hybridized carbons (Fsp3) is 0.273. The molecule has 1 rings (SSSR count). The summed E-state index contributed by atoms with van der Waals surface area (Å²) in [5, 5.41) is 11.0. The van der Waals surface area contributed by atoms with E-state index in [0.29, 0.717) is 5.56 Å². The lowest BCUT2D eigenvalue weighted by atomic mass is 10.1. The van der Waals surface area contributed by atoms with Gasteiger partial charge in [0.1, 0.15) is 11.9 Å². The van der Waals surface area contributed by atoms with E-state index in [1.165, 1.54) is 19.1 Å². The highest BCUT2D eigenvalue weighted by Crippen LogP contribution is 2.17. The molecule has 0 saturated carbocycles. The van der Waals surface area contributed by atoms with Crippen LogP contribution < -0.4 is 5.32 Å². The summed E-state index contributed by atoms with van der Waals surface area (Å²) in [5.41, 5.74) is 0.447. The van der Waals surface area contributed by atoms with Crippen molar-refractivity contribution in [3.63, 3.8) is 0 Å². The first-order valence-electron chi connectivity index (χ1n) is 4.86. The van der Waals surface area contributed by atoms with E-state index in [1.54, 1.807) is 0 Å². The van der Waals surface area contributed by atoms with Crippen LogP contribution in [0.2, 0.25) is 5.02 Å². The van der Waals surface area contributed by atoms with Crippen LogP contribution in [-0.4, -0.2) is 23.0 Å². The van der Waals surface area contributed by atoms with Gasteiger partial charge in [-0.3, -0.25) is 9.59 Å². The van der Waals surface area contributed by atoms with Gasteiger partial charge >= 0.3 is 5.97 Å². The third-order valence-electron chi connectivity index (χ3n) is 2.11. The number of benzene rings is 1. The van der Waals surface area contributed by atoms with Crippen molar-refractivity contribution in [3.05, 3.63) is 34.6 Å². The van der Waals surface area contributed by atoms with Crippen LogP contribution in [-0.2, 0) is 16.0 Å². The molecule has 1 amide bonds. The molecule has 17 heavy (non-hydrogen) atoms. The minimum atomic E-state index is -1.12. The number of amides is 1. The molecule has 0 aliphatic heterocycles. The Morgan fingerprint density at radius 1 is 1.53 bits per heavy atom. The normalized spacial score (nSPS) is 11.9. The lowest BCUT2D eigenvalue weighted by Crippen LogP contribution is -2.39. The van der Waals surface area contributed by atoms with Crippen LogP contribution in [0.15, 0.2) is 18.2 Å². The van der Waals surface area contributed by atoms with Crippen molar-refractivity contribution in [2.45, 2.75) is 19.4 Å². The number of hydrogen-bond acceptors (Lipinski definition) is 2. The first kappa shape index (κ1) is 13.4. The number of rotatable bonds is 4. The largest absolute Gasteiger partial charge is 0.480 e. The second kappa shape index (κ2) is 5.63. The number of carboxylic acids is 1. The average molecular weight is 260 g/mol. The smallest absolute Gasteiger partial charge is 0.325 e. The number of halogens is 2. The van der Waals surface area contributed by atoms with Gasteiger partial charge in [0.2, 0.25) is 5.91 Å². The van der Waals surface area contributed by atoms with Gasteiger partial charge in [-0.05, 0) is 24.6 Å². The monoisotopic (exact) mass is 259 g/mol. The molecule has 0 aliphatic carbocycles. The first-order chi connectivity index (χ1) is 7.90. The van der Waals surface area contributed by atoms with Crippen LogP contribution in [0.25, 0.3) is 0 Å². The third-order valence-corrected chi connectivity index (χ3v) is 2.47. The maximum Gasteiger partial charge on any atom is 0.325 e. The molecular formula is C11H11ClFNO3. The van der Waals surface area contributed by atoms with Gasteiger partial charge in [-0.15, -0.1) is 0 Å². The van der Waals surface area contributed by atoms with Crippen molar-refractivity contribution in [1.29, 1.82) is 0 Å². The standard InChI is InChI=1S/C11H11ClFNO3/c1-6(11(16)17)14-10(15)4-7-2-3-8(13)5-9(7)12/h2-3,5-6H,4H2,1H3,(H,14,15)(H,16,17). The van der Waals surface area contributed by atoms with Crippen molar-refractivity contribution in [2.24, 2.45) is 0 Å². The zero-order valence-electron chi connectivity index (χ0n) is 9.04. The van der Waals surface area contributed by atoms with Gasteiger partial charge in [0.25, 0.3) is 0 Å². The van der Waals surface area contributed by atoms with Crippen molar-refractivity contribution in [3.8, 4) is 0 Å². The molecule has 1 aromatic carbocycles. The highest BCUT2D eigenvalue weighted by Gasteiger charge is 2.15. The zero-order valence-corrected chi connectivity index (χ0v) is 9.79. The quantitative estimate of drug-likeness (QED) is 0.863. The molecule has 0 heterocycles. The molecular weight excluding hydrogens is 249 g/mol. The molecule has 2 N–H and O–H groups in total. The first-order valence-corrected chi connectivity index (χ1v) is 5.24. The van der Waals surface area contributed by atoms with E-state index in [4.69, 9.17) is 16.7 Å². The van der Waals surface area contributed by atoms with Crippen LogP contribution in [0.3, 0.4) is 0 Å². The third kappa shape index (κ3) is 4.03. The molecule has 4 nitrogen and oxygen atoms in total. The van der Waals surface area contributed by atoms with E-state index in [0.717, 1.165) is 6.07 Å². The summed E-state index contributed by atoms with van der Waals surface area (Å²) in [6, 6.07) is 2.71. The molecule has 1 aromatic rings. The topological polar surface area (TPSA) is 66.4 Å². The number of nitrogens with one attached hydrogen (secondary N) is 1. The van der Waals surface area contributed by atoms with E-state index in [1.807, 2.05) is 0 Å². The maximum absolute atomic E-state index is 12.7. The average Bonchev–Trinajstić information content (AvgIpc) is 2.22. The van der Waals surface area contributed by atoms with Gasteiger partial charge in [0, 0.05) is 5.02 Å². The number of carbonyl (C=O) groups excluding carboxylic acids is 1. The molecule has 0 fully saturated rings. The summed E-state index contributed by atoms with van der Waals surface area (Å²) < 4.78 is 12.7. The maximum atomic E-state index is 12.7. The highest BCUT2D eigenvalue weighted by atomic mass is 35.5. The van der Waals surface area contributed by atoms with Gasteiger partial charge < -0.3 is 10.4 Å². The second-order valence-electron chi connectivity index (χ2n) is 3.54. The van der Waals surface area contributed by atoms with Crippen molar-refractivity contribution >= 4 is 23.5 Å². The van der Waals surface area contributed by atoms with Gasteiger partial charge in [-0.1, -0.05) is 17.7 Å². The lowest BCUT2D eigenvalue weighted by Gasteiger charge is -2.09. The van der Waals surface area contributed by atoms with Crippen LogP contribution in [0.1, 0.15) is 12.5 Å². The molecule has 6 heteroatoms. The zero-order chi connectivity index (χ0) is 13.0. The minimum absolute atomic E-state index is 0.0866. The Balaban J connectivity index is 2.65. The van der Waals surface area contributed by atoms with Crippen LogP contribution in [0.5, 0.6) is 0 Å². The molecule has 0 saturated heterocycles. The van der Waals surface area contributed by atoms with E-state index in [-0.39, 0.29) is 11.4 Å². The van der Waals surface area contributed by atoms with Crippen molar-refractivity contribution in [1.82, 2.24) is 5.32 Å². The Kier molecular flexibility index (Phi) is 4.45. The van der Waals surface area contributed by atoms with Crippen LogP contribution in [0.4, 0.5) is 4.39 Å². The Hall–Kier alpha value is -1.62. The van der Waals surface area contributed by atoms with E-state index < -0.39 is 23.7 Å². The second-order valence-corrected chi connectivity index (χ2v) is 3.95. The van der Waals surface area contributed by atoms with Gasteiger partial charge in [-0.25, -0.2) is 4.39 Å². The summed E-state index contributed by atoms with van der Waals surface area (Å²) in [6.07, 6.45) is -0.0866. The van der Waals surface area contributed by atoms with E-state index >= 15 is 0 Å². The molecule has 92 valence electrons. The van der Waals surface area contributed by atoms with Crippen LogP contribution >= 0.6 is 11.6 Å². The molecule has 0 bridgehead atoms. The molecule has 0 radical (unpaired) electrons. The summed E-state index contributed by atoms with van der Waals surface area (Å²) in [6.45, 7) is 1.35. The molecule has 0 spiro atoms.